The molecule has 7 nitrogen and oxygen atoms in total. The average Bonchev–Trinajstić information content (AvgIpc) is 3.21. The first-order valence-corrected chi connectivity index (χ1v) is 11.7. The number of anilines is 1. The minimum Gasteiger partial charge on any atom is -0.466 e. The van der Waals surface area contributed by atoms with Crippen molar-refractivity contribution in [2.24, 2.45) is 5.92 Å². The van der Waals surface area contributed by atoms with Gasteiger partial charge in [-0.25, -0.2) is 4.98 Å². The number of esters is 1. The third-order valence-corrected chi connectivity index (χ3v) is 6.11. The number of benzene rings is 1. The third kappa shape index (κ3) is 7.17. The molecule has 2 aromatic rings. The number of carbonyl (C=O) groups is 3. The van der Waals surface area contributed by atoms with Gasteiger partial charge in [0, 0.05) is 17.7 Å². The van der Waals surface area contributed by atoms with Crippen LogP contribution in [0.2, 0.25) is 0 Å². The molecule has 1 saturated carbocycles. The maximum atomic E-state index is 13.0. The summed E-state index contributed by atoms with van der Waals surface area (Å²) < 4.78 is 4.93. The summed E-state index contributed by atoms with van der Waals surface area (Å²) in [5.74, 6) is -0.758. The van der Waals surface area contributed by atoms with Gasteiger partial charge in [-0.2, -0.15) is 0 Å². The summed E-state index contributed by atoms with van der Waals surface area (Å²) in [6.45, 7) is 2.06. The number of nitrogens with zero attached hydrogens (tertiary/aromatic N) is 1. The van der Waals surface area contributed by atoms with Gasteiger partial charge in [0.1, 0.15) is 6.04 Å². The Morgan fingerprint density at radius 3 is 2.61 bits per heavy atom. The molecule has 3 rings (SSSR count). The Hall–Kier alpha value is -2.74. The number of thiazole rings is 1. The molecule has 0 saturated heterocycles. The number of hydrogen-bond acceptors (Lipinski definition) is 6. The molecule has 1 aromatic heterocycles. The largest absolute Gasteiger partial charge is 0.466 e. The molecule has 8 heteroatoms. The van der Waals surface area contributed by atoms with E-state index in [1.165, 1.54) is 11.3 Å². The van der Waals surface area contributed by atoms with Crippen LogP contribution in [0.5, 0.6) is 0 Å². The van der Waals surface area contributed by atoms with Crippen LogP contribution in [-0.2, 0) is 32.0 Å². The second-order valence-electron chi connectivity index (χ2n) is 7.70. The lowest BCUT2D eigenvalue weighted by molar-refractivity contribution is -0.142. The first kappa shape index (κ1) is 22.9. The van der Waals surface area contributed by atoms with E-state index >= 15 is 0 Å². The molecule has 0 radical (unpaired) electrons. The zero-order chi connectivity index (χ0) is 22.1. The number of rotatable bonds is 9. The Kier molecular flexibility index (Phi) is 8.58. The molecule has 2 amide bonds. The number of nitrogens with one attached hydrogen (secondary N) is 2. The first-order chi connectivity index (χ1) is 15.0. The second-order valence-corrected chi connectivity index (χ2v) is 8.56. The fourth-order valence-corrected chi connectivity index (χ4v) is 4.42. The van der Waals surface area contributed by atoms with Crippen molar-refractivity contribution in [3.05, 3.63) is 47.0 Å². The zero-order valence-corrected chi connectivity index (χ0v) is 18.6. The van der Waals surface area contributed by atoms with E-state index in [-0.39, 0.29) is 30.1 Å². The lowest BCUT2D eigenvalue weighted by Gasteiger charge is -2.24. The van der Waals surface area contributed by atoms with Crippen LogP contribution in [0.3, 0.4) is 0 Å². The molecule has 0 spiro atoms. The van der Waals surface area contributed by atoms with Crippen molar-refractivity contribution in [1.82, 2.24) is 10.3 Å². The summed E-state index contributed by atoms with van der Waals surface area (Å²) in [5, 5.41) is 7.88. The molecule has 1 heterocycles. The topological polar surface area (TPSA) is 97.4 Å². The SMILES string of the molecule is CCOC(=O)Cc1csc(NC(=O)[C@H](Cc2ccccc2)NC(=O)C2CCCCC2)n1. The van der Waals surface area contributed by atoms with Crippen LogP contribution in [0, 0.1) is 5.92 Å². The molecule has 2 N–H and O–H groups in total. The number of amides is 2. The van der Waals surface area contributed by atoms with Crippen molar-refractivity contribution in [2.45, 2.75) is 57.9 Å². The molecule has 1 atom stereocenters. The Labute approximate surface area is 186 Å². The van der Waals surface area contributed by atoms with Crippen LogP contribution in [0.4, 0.5) is 5.13 Å². The Morgan fingerprint density at radius 2 is 1.90 bits per heavy atom. The van der Waals surface area contributed by atoms with E-state index in [0.717, 1.165) is 37.7 Å². The monoisotopic (exact) mass is 443 g/mol. The fraction of sp³-hybridized carbons (Fsp3) is 0.478. The quantitative estimate of drug-likeness (QED) is 0.578. The predicted molar refractivity (Wildman–Crippen MR) is 120 cm³/mol. The van der Waals surface area contributed by atoms with Gasteiger partial charge in [-0.15, -0.1) is 11.3 Å². The summed E-state index contributed by atoms with van der Waals surface area (Å²) in [4.78, 5) is 41.7. The van der Waals surface area contributed by atoms with E-state index in [4.69, 9.17) is 4.74 Å². The lowest BCUT2D eigenvalue weighted by atomic mass is 9.88. The highest BCUT2D eigenvalue weighted by atomic mass is 32.1. The summed E-state index contributed by atoms with van der Waals surface area (Å²) >= 11 is 1.25. The van der Waals surface area contributed by atoms with Crippen molar-refractivity contribution in [2.75, 3.05) is 11.9 Å². The number of hydrogen-bond donors (Lipinski definition) is 2. The van der Waals surface area contributed by atoms with Gasteiger partial charge in [-0.1, -0.05) is 49.6 Å². The lowest BCUT2D eigenvalue weighted by Crippen LogP contribution is -2.47. The van der Waals surface area contributed by atoms with Crippen LogP contribution in [-0.4, -0.2) is 35.4 Å². The van der Waals surface area contributed by atoms with E-state index in [2.05, 4.69) is 15.6 Å². The Morgan fingerprint density at radius 1 is 1.16 bits per heavy atom. The molecule has 0 unspecified atom stereocenters. The molecule has 1 aliphatic carbocycles. The van der Waals surface area contributed by atoms with Crippen LogP contribution in [0.15, 0.2) is 35.7 Å². The molecule has 0 aliphatic heterocycles. The minimum atomic E-state index is -0.700. The van der Waals surface area contributed by atoms with Gasteiger partial charge in [-0.3, -0.25) is 14.4 Å². The van der Waals surface area contributed by atoms with Gasteiger partial charge >= 0.3 is 5.97 Å². The molecule has 31 heavy (non-hydrogen) atoms. The molecular weight excluding hydrogens is 414 g/mol. The van der Waals surface area contributed by atoms with Gasteiger partial charge in [-0.05, 0) is 25.3 Å². The van der Waals surface area contributed by atoms with Gasteiger partial charge in [0.05, 0.1) is 18.7 Å². The highest BCUT2D eigenvalue weighted by molar-refractivity contribution is 7.13. The Bertz CT molecular complexity index is 878. The van der Waals surface area contributed by atoms with Crippen molar-refractivity contribution in [3.63, 3.8) is 0 Å². The standard InChI is InChI=1S/C23H29N3O4S/c1-2-30-20(27)14-18-15-31-23(24-18)26-22(29)19(13-16-9-5-3-6-10-16)25-21(28)17-11-7-4-8-12-17/h3,5-6,9-10,15,17,19H,2,4,7-8,11-14H2,1H3,(H,25,28)(H,24,26,29)/t19-/m0/s1. The van der Waals surface area contributed by atoms with Crippen LogP contribution >= 0.6 is 11.3 Å². The number of carbonyl (C=O) groups excluding carboxylic acids is 3. The summed E-state index contributed by atoms with van der Waals surface area (Å²) in [5.41, 5.74) is 1.51. The van der Waals surface area contributed by atoms with Crippen molar-refractivity contribution < 1.29 is 19.1 Å². The van der Waals surface area contributed by atoms with Gasteiger partial charge < -0.3 is 15.4 Å². The Balaban J connectivity index is 1.66. The van der Waals surface area contributed by atoms with Crippen LogP contribution in [0.25, 0.3) is 0 Å². The smallest absolute Gasteiger partial charge is 0.311 e. The maximum Gasteiger partial charge on any atom is 0.311 e. The van der Waals surface area contributed by atoms with Crippen LogP contribution < -0.4 is 10.6 Å². The second kappa shape index (κ2) is 11.6. The summed E-state index contributed by atoms with van der Waals surface area (Å²) in [6.07, 6.45) is 5.46. The average molecular weight is 444 g/mol. The summed E-state index contributed by atoms with van der Waals surface area (Å²) in [7, 11) is 0. The molecule has 1 aromatic carbocycles. The van der Waals surface area contributed by atoms with E-state index in [1.54, 1.807) is 12.3 Å². The highest BCUT2D eigenvalue weighted by Crippen LogP contribution is 2.24. The van der Waals surface area contributed by atoms with E-state index in [9.17, 15) is 14.4 Å². The molecule has 1 fully saturated rings. The van der Waals surface area contributed by atoms with Crippen molar-refractivity contribution in [3.8, 4) is 0 Å². The van der Waals surface area contributed by atoms with Crippen molar-refractivity contribution in [1.29, 1.82) is 0 Å². The van der Waals surface area contributed by atoms with E-state index in [1.807, 2.05) is 30.3 Å². The number of aromatic nitrogens is 1. The molecule has 0 bridgehead atoms. The van der Waals surface area contributed by atoms with E-state index < -0.39 is 6.04 Å². The van der Waals surface area contributed by atoms with Gasteiger partial charge in [0.2, 0.25) is 11.8 Å². The third-order valence-electron chi connectivity index (χ3n) is 5.30. The number of ether oxygens (including phenoxy) is 1. The van der Waals surface area contributed by atoms with E-state index in [0.29, 0.717) is 23.9 Å². The maximum absolute atomic E-state index is 13.0. The first-order valence-electron chi connectivity index (χ1n) is 10.8. The molecule has 1 aliphatic rings. The molecule has 166 valence electrons. The fourth-order valence-electron chi connectivity index (χ4n) is 3.71. The predicted octanol–water partition coefficient (Wildman–Crippen LogP) is 3.50. The normalized spacial score (nSPS) is 15.1. The van der Waals surface area contributed by atoms with Gasteiger partial charge in [0.15, 0.2) is 5.13 Å². The van der Waals surface area contributed by atoms with Crippen LogP contribution in [0.1, 0.15) is 50.3 Å². The van der Waals surface area contributed by atoms with Gasteiger partial charge in [0.25, 0.3) is 0 Å². The molecular formula is C23H29N3O4S. The highest BCUT2D eigenvalue weighted by Gasteiger charge is 2.27. The minimum absolute atomic E-state index is 0.0316. The van der Waals surface area contributed by atoms with Crippen molar-refractivity contribution >= 4 is 34.3 Å². The summed E-state index contributed by atoms with van der Waals surface area (Å²) in [6, 6.07) is 8.92. The zero-order valence-electron chi connectivity index (χ0n) is 17.8.